The number of carbonyl (C=O) groups is 1. The first-order valence-electron chi connectivity index (χ1n) is 10.0. The molecule has 2 aromatic carbocycles. The molecule has 1 amide bonds. The van der Waals surface area contributed by atoms with Crippen molar-refractivity contribution in [3.63, 3.8) is 0 Å². The van der Waals surface area contributed by atoms with Gasteiger partial charge in [-0.05, 0) is 42.7 Å². The molecule has 0 bridgehead atoms. The Morgan fingerprint density at radius 3 is 2.60 bits per heavy atom. The van der Waals surface area contributed by atoms with Crippen LogP contribution in [0.1, 0.15) is 30.4 Å². The summed E-state index contributed by atoms with van der Waals surface area (Å²) >= 11 is 1.51. The highest BCUT2D eigenvalue weighted by atomic mass is 32.2. The number of nitrogens with zero attached hydrogens (tertiary/aromatic N) is 4. The minimum atomic E-state index is -0.0457. The lowest BCUT2D eigenvalue weighted by molar-refractivity contribution is -0.127. The number of benzene rings is 2. The maximum absolute atomic E-state index is 13.1. The van der Waals surface area contributed by atoms with E-state index in [1.165, 1.54) is 11.8 Å². The van der Waals surface area contributed by atoms with Crippen LogP contribution in [-0.2, 0) is 17.1 Å². The van der Waals surface area contributed by atoms with E-state index in [0.717, 1.165) is 24.9 Å². The predicted octanol–water partition coefficient (Wildman–Crippen LogP) is 3.57. The first kappa shape index (κ1) is 20.2. The van der Waals surface area contributed by atoms with Crippen LogP contribution in [0, 0.1) is 11.3 Å². The number of thioether (sulfide) groups is 1. The minimum absolute atomic E-state index is 0.0457. The Kier molecular flexibility index (Phi) is 6.15. The molecule has 0 aliphatic carbocycles. The summed E-state index contributed by atoms with van der Waals surface area (Å²) in [5.41, 5.74) is 2.34. The molecule has 0 spiro atoms. The van der Waals surface area contributed by atoms with E-state index in [-0.39, 0.29) is 11.5 Å². The van der Waals surface area contributed by atoms with Crippen LogP contribution in [0.25, 0.3) is 10.9 Å². The van der Waals surface area contributed by atoms with E-state index in [2.05, 4.69) is 6.07 Å². The number of aromatic nitrogens is 2. The van der Waals surface area contributed by atoms with E-state index >= 15 is 0 Å². The van der Waals surface area contributed by atoms with E-state index in [4.69, 9.17) is 10.2 Å². The Balaban J connectivity index is 1.56. The second-order valence-electron chi connectivity index (χ2n) is 7.30. The van der Waals surface area contributed by atoms with Crippen LogP contribution < -0.4 is 5.56 Å². The van der Waals surface area contributed by atoms with Gasteiger partial charge in [-0.1, -0.05) is 36.0 Å². The topological polar surface area (TPSA) is 79.0 Å². The van der Waals surface area contributed by atoms with Gasteiger partial charge in [0, 0.05) is 31.8 Å². The molecule has 7 heteroatoms. The molecule has 0 radical (unpaired) electrons. The van der Waals surface area contributed by atoms with Crippen LogP contribution in [0.2, 0.25) is 0 Å². The number of likely N-dealkylation sites (tertiary alicyclic amines) is 1. The number of hydrogen-bond donors (Lipinski definition) is 0. The largest absolute Gasteiger partial charge is 0.343 e. The number of rotatable bonds is 7. The van der Waals surface area contributed by atoms with Gasteiger partial charge in [-0.25, -0.2) is 4.98 Å². The first-order chi connectivity index (χ1) is 14.7. The van der Waals surface area contributed by atoms with Gasteiger partial charge < -0.3 is 4.90 Å². The number of nitriles is 1. The molecule has 0 atom stereocenters. The molecular weight excluding hydrogens is 396 g/mol. The van der Waals surface area contributed by atoms with Gasteiger partial charge in [-0.2, -0.15) is 5.26 Å². The average Bonchev–Trinajstić information content (AvgIpc) is 3.19. The van der Waals surface area contributed by atoms with Crippen molar-refractivity contribution in [1.29, 1.82) is 5.26 Å². The Morgan fingerprint density at radius 2 is 1.87 bits per heavy atom. The SMILES string of the molecule is N#Cc1ccc(CSc2nc3ccccc3c(=O)n2CCCN2CCCC2=O)cc1. The van der Waals surface area contributed by atoms with E-state index in [1.54, 1.807) is 22.8 Å². The first-order valence-corrected chi connectivity index (χ1v) is 11.0. The molecule has 152 valence electrons. The fraction of sp³-hybridized carbons (Fsp3) is 0.304. The van der Waals surface area contributed by atoms with Crippen LogP contribution in [0.3, 0.4) is 0 Å². The molecule has 3 aromatic rings. The molecule has 0 unspecified atom stereocenters. The summed E-state index contributed by atoms with van der Waals surface area (Å²) < 4.78 is 1.73. The van der Waals surface area contributed by atoms with Crippen LogP contribution in [0.4, 0.5) is 0 Å². The van der Waals surface area contributed by atoms with Crippen molar-refractivity contribution >= 4 is 28.6 Å². The van der Waals surface area contributed by atoms with Gasteiger partial charge in [0.15, 0.2) is 5.16 Å². The molecule has 0 N–H and O–H groups in total. The van der Waals surface area contributed by atoms with Crippen LogP contribution in [0.15, 0.2) is 58.5 Å². The zero-order valence-electron chi connectivity index (χ0n) is 16.6. The van der Waals surface area contributed by atoms with E-state index in [1.807, 2.05) is 35.2 Å². The fourth-order valence-corrected chi connectivity index (χ4v) is 4.62. The average molecular weight is 419 g/mol. The molecule has 1 aliphatic heterocycles. The molecule has 0 saturated carbocycles. The van der Waals surface area contributed by atoms with Gasteiger partial charge in [0.2, 0.25) is 5.91 Å². The highest BCUT2D eigenvalue weighted by Gasteiger charge is 2.19. The van der Waals surface area contributed by atoms with E-state index < -0.39 is 0 Å². The summed E-state index contributed by atoms with van der Waals surface area (Å²) in [6.07, 6.45) is 2.27. The number of carbonyl (C=O) groups excluding carboxylic acids is 1. The summed E-state index contributed by atoms with van der Waals surface area (Å²) in [6, 6.07) is 17.0. The molecule has 4 rings (SSSR count). The maximum Gasteiger partial charge on any atom is 0.262 e. The van der Waals surface area contributed by atoms with Crippen LogP contribution in [0.5, 0.6) is 0 Å². The van der Waals surface area contributed by atoms with Gasteiger partial charge in [-0.15, -0.1) is 0 Å². The van der Waals surface area contributed by atoms with Gasteiger partial charge in [-0.3, -0.25) is 14.2 Å². The summed E-state index contributed by atoms with van der Waals surface area (Å²) in [4.78, 5) is 31.6. The summed E-state index contributed by atoms with van der Waals surface area (Å²) in [7, 11) is 0. The van der Waals surface area contributed by atoms with Crippen molar-refractivity contribution in [3.05, 3.63) is 70.0 Å². The Labute approximate surface area is 179 Å². The van der Waals surface area contributed by atoms with Crippen molar-refractivity contribution in [2.75, 3.05) is 13.1 Å². The van der Waals surface area contributed by atoms with Crippen molar-refractivity contribution < 1.29 is 4.79 Å². The molecular formula is C23H22N4O2S. The molecule has 1 fully saturated rings. The van der Waals surface area contributed by atoms with Crippen LogP contribution >= 0.6 is 11.8 Å². The fourth-order valence-electron chi connectivity index (χ4n) is 3.64. The van der Waals surface area contributed by atoms with Crippen molar-refractivity contribution in [3.8, 4) is 6.07 Å². The minimum Gasteiger partial charge on any atom is -0.343 e. The third kappa shape index (κ3) is 4.39. The quantitative estimate of drug-likeness (QED) is 0.433. The number of hydrogen-bond acceptors (Lipinski definition) is 5. The van der Waals surface area contributed by atoms with Crippen molar-refractivity contribution in [1.82, 2.24) is 14.5 Å². The highest BCUT2D eigenvalue weighted by molar-refractivity contribution is 7.98. The van der Waals surface area contributed by atoms with Gasteiger partial charge in [0.25, 0.3) is 5.56 Å². The van der Waals surface area contributed by atoms with E-state index in [9.17, 15) is 9.59 Å². The molecule has 2 heterocycles. The normalized spacial score (nSPS) is 13.7. The number of fused-ring (bicyclic) bond motifs is 1. The third-order valence-electron chi connectivity index (χ3n) is 5.26. The zero-order chi connectivity index (χ0) is 20.9. The lowest BCUT2D eigenvalue weighted by Crippen LogP contribution is -2.29. The van der Waals surface area contributed by atoms with Gasteiger partial charge >= 0.3 is 0 Å². The lowest BCUT2D eigenvalue weighted by Gasteiger charge is -2.17. The highest BCUT2D eigenvalue weighted by Crippen LogP contribution is 2.23. The predicted molar refractivity (Wildman–Crippen MR) is 117 cm³/mol. The second-order valence-corrected chi connectivity index (χ2v) is 8.25. The summed E-state index contributed by atoms with van der Waals surface area (Å²) in [6.45, 7) is 2.00. The molecule has 6 nitrogen and oxygen atoms in total. The Morgan fingerprint density at radius 1 is 1.07 bits per heavy atom. The monoisotopic (exact) mass is 418 g/mol. The standard InChI is InChI=1S/C23H22N4O2S/c24-15-17-8-10-18(11-9-17)16-30-23-25-20-6-2-1-5-19(20)22(29)27(23)14-4-13-26-12-3-7-21(26)28/h1-2,5-6,8-11H,3-4,7,12-14,16H2. The second kappa shape index (κ2) is 9.14. The maximum atomic E-state index is 13.1. The number of para-hydroxylation sites is 1. The van der Waals surface area contributed by atoms with E-state index in [0.29, 0.717) is 46.9 Å². The molecule has 1 saturated heterocycles. The molecule has 1 aromatic heterocycles. The van der Waals surface area contributed by atoms with Crippen LogP contribution in [-0.4, -0.2) is 33.4 Å². The summed E-state index contributed by atoms with van der Waals surface area (Å²) in [5, 5.41) is 10.2. The third-order valence-corrected chi connectivity index (χ3v) is 6.31. The Hall–Kier alpha value is -3.11. The van der Waals surface area contributed by atoms with Crippen molar-refractivity contribution in [2.45, 2.75) is 36.7 Å². The molecule has 1 aliphatic rings. The summed E-state index contributed by atoms with van der Waals surface area (Å²) in [5.74, 6) is 0.857. The molecule has 30 heavy (non-hydrogen) atoms. The Bertz CT molecular complexity index is 1160. The number of amides is 1. The lowest BCUT2D eigenvalue weighted by atomic mass is 10.2. The van der Waals surface area contributed by atoms with Crippen molar-refractivity contribution in [2.24, 2.45) is 0 Å². The van der Waals surface area contributed by atoms with Gasteiger partial charge in [0.1, 0.15) is 0 Å². The van der Waals surface area contributed by atoms with Gasteiger partial charge in [0.05, 0.1) is 22.5 Å². The zero-order valence-corrected chi connectivity index (χ0v) is 17.4. The smallest absolute Gasteiger partial charge is 0.262 e.